The van der Waals surface area contributed by atoms with Crippen LogP contribution < -0.4 is 5.73 Å². The first-order chi connectivity index (χ1) is 10.3. The number of ether oxygens (including phenoxy) is 1. The molecule has 0 aliphatic carbocycles. The summed E-state index contributed by atoms with van der Waals surface area (Å²) in [6.45, 7) is 8.18. The number of hydrogen-bond donors (Lipinski definition) is 1. The fourth-order valence-electron chi connectivity index (χ4n) is 3.66. The molecule has 0 bridgehead atoms. The highest BCUT2D eigenvalue weighted by Crippen LogP contribution is 2.28. The number of aromatic nitrogens is 1. The van der Waals surface area contributed by atoms with Gasteiger partial charge in [0.15, 0.2) is 0 Å². The van der Waals surface area contributed by atoms with Crippen molar-refractivity contribution < 1.29 is 4.74 Å². The Labute approximate surface area is 127 Å². The SMILES string of the molecule is CC(N)C(c1cccnc1)N1CCC(N2CCOCC2)C1. The van der Waals surface area contributed by atoms with E-state index in [9.17, 15) is 0 Å². The van der Waals surface area contributed by atoms with Gasteiger partial charge in [-0.2, -0.15) is 0 Å². The molecule has 0 saturated carbocycles. The molecular weight excluding hydrogens is 264 g/mol. The summed E-state index contributed by atoms with van der Waals surface area (Å²) in [5.41, 5.74) is 7.50. The summed E-state index contributed by atoms with van der Waals surface area (Å²) in [6, 6.07) is 5.16. The van der Waals surface area contributed by atoms with Crippen molar-refractivity contribution in [1.82, 2.24) is 14.8 Å². The van der Waals surface area contributed by atoms with Crippen molar-refractivity contribution in [2.24, 2.45) is 5.73 Å². The number of nitrogens with two attached hydrogens (primary N) is 1. The zero-order valence-electron chi connectivity index (χ0n) is 12.8. The highest BCUT2D eigenvalue weighted by molar-refractivity contribution is 5.16. The molecule has 1 aromatic rings. The van der Waals surface area contributed by atoms with Gasteiger partial charge in [0.1, 0.15) is 0 Å². The molecule has 0 amide bonds. The fourth-order valence-corrected chi connectivity index (χ4v) is 3.66. The molecule has 5 nitrogen and oxygen atoms in total. The van der Waals surface area contributed by atoms with Crippen LogP contribution in [0.4, 0.5) is 0 Å². The molecule has 0 spiro atoms. The average molecular weight is 290 g/mol. The molecule has 1 aromatic heterocycles. The number of likely N-dealkylation sites (tertiary alicyclic amines) is 1. The third-order valence-electron chi connectivity index (χ3n) is 4.67. The molecule has 2 saturated heterocycles. The molecular formula is C16H26N4O. The number of rotatable bonds is 4. The van der Waals surface area contributed by atoms with Gasteiger partial charge >= 0.3 is 0 Å². The summed E-state index contributed by atoms with van der Waals surface area (Å²) in [5, 5.41) is 0. The lowest BCUT2D eigenvalue weighted by Gasteiger charge is -2.34. The molecule has 2 aliphatic rings. The van der Waals surface area contributed by atoms with Crippen LogP contribution in [-0.4, -0.2) is 66.3 Å². The third kappa shape index (κ3) is 3.43. The molecule has 5 heteroatoms. The van der Waals surface area contributed by atoms with Crippen molar-refractivity contribution in [3.05, 3.63) is 30.1 Å². The average Bonchev–Trinajstić information content (AvgIpc) is 2.98. The standard InChI is InChI=1S/C16H26N4O/c1-13(17)16(14-3-2-5-18-11-14)20-6-4-15(12-20)19-7-9-21-10-8-19/h2-3,5,11,13,15-16H,4,6-10,12,17H2,1H3. The smallest absolute Gasteiger partial charge is 0.0594 e. The predicted molar refractivity (Wildman–Crippen MR) is 83.0 cm³/mol. The van der Waals surface area contributed by atoms with Gasteiger partial charge in [0.05, 0.1) is 19.3 Å². The lowest BCUT2D eigenvalue weighted by Crippen LogP contribution is -2.46. The van der Waals surface area contributed by atoms with Gasteiger partial charge in [-0.3, -0.25) is 14.8 Å². The minimum Gasteiger partial charge on any atom is -0.379 e. The normalized spacial score (nSPS) is 27.6. The summed E-state index contributed by atoms with van der Waals surface area (Å²) in [4.78, 5) is 9.36. The Morgan fingerprint density at radius 3 is 2.81 bits per heavy atom. The molecule has 116 valence electrons. The monoisotopic (exact) mass is 290 g/mol. The molecule has 2 aliphatic heterocycles. The number of morpholine rings is 1. The molecule has 2 fully saturated rings. The van der Waals surface area contributed by atoms with Crippen LogP contribution in [0.5, 0.6) is 0 Å². The van der Waals surface area contributed by atoms with E-state index in [0.717, 1.165) is 39.4 Å². The summed E-state index contributed by atoms with van der Waals surface area (Å²) < 4.78 is 5.46. The Morgan fingerprint density at radius 1 is 1.33 bits per heavy atom. The maximum atomic E-state index is 6.27. The van der Waals surface area contributed by atoms with E-state index in [0.29, 0.717) is 6.04 Å². The topological polar surface area (TPSA) is 54.6 Å². The van der Waals surface area contributed by atoms with Gasteiger partial charge in [-0.1, -0.05) is 6.07 Å². The highest BCUT2D eigenvalue weighted by atomic mass is 16.5. The van der Waals surface area contributed by atoms with Gasteiger partial charge in [0.25, 0.3) is 0 Å². The van der Waals surface area contributed by atoms with Crippen LogP contribution >= 0.6 is 0 Å². The van der Waals surface area contributed by atoms with Crippen LogP contribution in [0.2, 0.25) is 0 Å². The molecule has 3 heterocycles. The van der Waals surface area contributed by atoms with E-state index < -0.39 is 0 Å². The minimum absolute atomic E-state index is 0.109. The van der Waals surface area contributed by atoms with Crippen LogP contribution in [0.25, 0.3) is 0 Å². The van der Waals surface area contributed by atoms with Gasteiger partial charge in [0.2, 0.25) is 0 Å². The van der Waals surface area contributed by atoms with E-state index >= 15 is 0 Å². The maximum absolute atomic E-state index is 6.27. The van der Waals surface area contributed by atoms with Crippen molar-refractivity contribution in [3.8, 4) is 0 Å². The summed E-state index contributed by atoms with van der Waals surface area (Å²) in [6.07, 6.45) is 5.00. The van der Waals surface area contributed by atoms with Crippen LogP contribution in [-0.2, 0) is 4.74 Å². The van der Waals surface area contributed by atoms with E-state index in [4.69, 9.17) is 10.5 Å². The molecule has 0 radical (unpaired) electrons. The lowest BCUT2D eigenvalue weighted by molar-refractivity contribution is 0.0173. The predicted octanol–water partition coefficient (Wildman–Crippen LogP) is 0.876. The number of pyridine rings is 1. The highest BCUT2D eigenvalue weighted by Gasteiger charge is 2.34. The van der Waals surface area contributed by atoms with Crippen LogP contribution in [0.15, 0.2) is 24.5 Å². The van der Waals surface area contributed by atoms with Crippen molar-refractivity contribution in [2.45, 2.75) is 31.5 Å². The number of hydrogen-bond acceptors (Lipinski definition) is 5. The molecule has 0 aromatic carbocycles. The molecule has 3 unspecified atom stereocenters. The van der Waals surface area contributed by atoms with E-state index in [-0.39, 0.29) is 12.1 Å². The van der Waals surface area contributed by atoms with Crippen LogP contribution in [0.1, 0.15) is 24.9 Å². The van der Waals surface area contributed by atoms with E-state index in [1.807, 2.05) is 18.5 Å². The van der Waals surface area contributed by atoms with Crippen molar-refractivity contribution in [1.29, 1.82) is 0 Å². The van der Waals surface area contributed by atoms with Gasteiger partial charge in [-0.15, -0.1) is 0 Å². The summed E-state index contributed by atoms with van der Waals surface area (Å²) >= 11 is 0. The van der Waals surface area contributed by atoms with Gasteiger partial charge in [-0.05, 0) is 25.0 Å². The lowest BCUT2D eigenvalue weighted by atomic mass is 10.0. The Hall–Kier alpha value is -1.01. The summed E-state index contributed by atoms with van der Waals surface area (Å²) in [7, 11) is 0. The zero-order chi connectivity index (χ0) is 14.7. The third-order valence-corrected chi connectivity index (χ3v) is 4.67. The Kier molecular flexibility index (Phi) is 4.85. The van der Waals surface area contributed by atoms with Gasteiger partial charge in [-0.25, -0.2) is 0 Å². The second-order valence-corrected chi connectivity index (χ2v) is 6.18. The van der Waals surface area contributed by atoms with Crippen molar-refractivity contribution >= 4 is 0 Å². The second kappa shape index (κ2) is 6.83. The molecule has 3 atom stereocenters. The number of nitrogens with zero attached hydrogens (tertiary/aromatic N) is 3. The van der Waals surface area contributed by atoms with Crippen LogP contribution in [0.3, 0.4) is 0 Å². The zero-order valence-corrected chi connectivity index (χ0v) is 12.8. The second-order valence-electron chi connectivity index (χ2n) is 6.18. The van der Waals surface area contributed by atoms with E-state index in [1.54, 1.807) is 0 Å². The van der Waals surface area contributed by atoms with Crippen molar-refractivity contribution in [2.75, 3.05) is 39.4 Å². The van der Waals surface area contributed by atoms with E-state index in [1.165, 1.54) is 12.0 Å². The molecule has 3 rings (SSSR count). The Bertz CT molecular complexity index is 433. The Balaban J connectivity index is 1.68. The van der Waals surface area contributed by atoms with Gasteiger partial charge < -0.3 is 10.5 Å². The molecule has 21 heavy (non-hydrogen) atoms. The minimum atomic E-state index is 0.109. The summed E-state index contributed by atoms with van der Waals surface area (Å²) in [5.74, 6) is 0. The quantitative estimate of drug-likeness (QED) is 0.892. The first-order valence-electron chi connectivity index (χ1n) is 7.97. The first-order valence-corrected chi connectivity index (χ1v) is 7.97. The first kappa shape index (κ1) is 14.9. The fraction of sp³-hybridized carbons (Fsp3) is 0.688. The Morgan fingerprint density at radius 2 is 2.14 bits per heavy atom. The van der Waals surface area contributed by atoms with Crippen LogP contribution in [0, 0.1) is 0 Å². The van der Waals surface area contributed by atoms with Gasteiger partial charge in [0, 0.05) is 50.7 Å². The largest absolute Gasteiger partial charge is 0.379 e. The maximum Gasteiger partial charge on any atom is 0.0594 e. The van der Waals surface area contributed by atoms with Crippen molar-refractivity contribution in [3.63, 3.8) is 0 Å². The van der Waals surface area contributed by atoms with E-state index in [2.05, 4.69) is 27.8 Å². The molecule has 2 N–H and O–H groups in total.